The van der Waals surface area contributed by atoms with Crippen LogP contribution >= 0.6 is 11.3 Å². The third-order valence-electron chi connectivity index (χ3n) is 2.43. The summed E-state index contributed by atoms with van der Waals surface area (Å²) in [4.78, 5) is 1.06. The molecule has 0 aliphatic heterocycles. The topological polar surface area (TPSA) is 63.4 Å². The van der Waals surface area contributed by atoms with Crippen LogP contribution in [0.3, 0.4) is 0 Å². The van der Waals surface area contributed by atoms with Gasteiger partial charge < -0.3 is 5.73 Å². The van der Waals surface area contributed by atoms with Crippen molar-refractivity contribution in [3.05, 3.63) is 22.4 Å². The molecule has 0 aliphatic rings. The summed E-state index contributed by atoms with van der Waals surface area (Å²) in [5, 5.41) is 1.96. The number of rotatable bonds is 7. The highest BCUT2D eigenvalue weighted by molar-refractivity contribution is 7.89. The van der Waals surface area contributed by atoms with Crippen molar-refractivity contribution in [1.82, 2.24) is 4.31 Å². The van der Waals surface area contributed by atoms with Crippen molar-refractivity contribution in [2.75, 3.05) is 12.3 Å². The molecule has 0 aliphatic carbocycles. The molecular weight excluding hydrogens is 256 g/mol. The minimum atomic E-state index is -3.20. The SMILES string of the molecule is CC(C)N(Cc1cccs1)S(=O)(=O)CCCN. The zero-order chi connectivity index (χ0) is 12.9. The van der Waals surface area contributed by atoms with Gasteiger partial charge in [-0.3, -0.25) is 0 Å². The highest BCUT2D eigenvalue weighted by atomic mass is 32.2. The van der Waals surface area contributed by atoms with E-state index in [9.17, 15) is 8.42 Å². The van der Waals surface area contributed by atoms with Gasteiger partial charge in [0.2, 0.25) is 10.0 Å². The van der Waals surface area contributed by atoms with Crippen LogP contribution < -0.4 is 5.73 Å². The van der Waals surface area contributed by atoms with E-state index >= 15 is 0 Å². The molecule has 1 heterocycles. The van der Waals surface area contributed by atoms with Crippen molar-refractivity contribution in [3.63, 3.8) is 0 Å². The lowest BCUT2D eigenvalue weighted by atomic mass is 10.4. The highest BCUT2D eigenvalue weighted by Gasteiger charge is 2.24. The average molecular weight is 276 g/mol. The van der Waals surface area contributed by atoms with Crippen LogP contribution in [0.2, 0.25) is 0 Å². The molecule has 1 aromatic rings. The average Bonchev–Trinajstić information content (AvgIpc) is 2.75. The Morgan fingerprint density at radius 3 is 2.65 bits per heavy atom. The molecule has 0 radical (unpaired) electrons. The smallest absolute Gasteiger partial charge is 0.214 e. The number of nitrogens with two attached hydrogens (primary N) is 1. The molecule has 0 fully saturated rings. The van der Waals surface area contributed by atoms with E-state index in [1.807, 2.05) is 31.4 Å². The van der Waals surface area contributed by atoms with Crippen molar-refractivity contribution in [2.24, 2.45) is 5.73 Å². The zero-order valence-electron chi connectivity index (χ0n) is 10.3. The van der Waals surface area contributed by atoms with Gasteiger partial charge in [-0.1, -0.05) is 6.07 Å². The summed E-state index contributed by atoms with van der Waals surface area (Å²) in [5.74, 6) is 0.132. The quantitative estimate of drug-likeness (QED) is 0.823. The van der Waals surface area contributed by atoms with Gasteiger partial charge in [-0.05, 0) is 38.3 Å². The standard InChI is InChI=1S/C11H20N2O2S2/c1-10(2)13(9-11-5-3-7-16-11)17(14,15)8-4-6-12/h3,5,7,10H,4,6,8-9,12H2,1-2H3. The molecule has 0 saturated carbocycles. The molecular formula is C11H20N2O2S2. The van der Waals surface area contributed by atoms with Crippen molar-refractivity contribution in [1.29, 1.82) is 0 Å². The summed E-state index contributed by atoms with van der Waals surface area (Å²) in [6.45, 7) is 4.66. The maximum Gasteiger partial charge on any atom is 0.214 e. The first-order valence-corrected chi connectivity index (χ1v) is 8.18. The first-order chi connectivity index (χ1) is 7.97. The predicted molar refractivity (Wildman–Crippen MR) is 72.5 cm³/mol. The highest BCUT2D eigenvalue weighted by Crippen LogP contribution is 2.17. The largest absolute Gasteiger partial charge is 0.330 e. The van der Waals surface area contributed by atoms with E-state index in [1.165, 1.54) is 0 Å². The number of sulfonamides is 1. The van der Waals surface area contributed by atoms with Gasteiger partial charge in [0, 0.05) is 17.5 Å². The van der Waals surface area contributed by atoms with E-state index in [-0.39, 0.29) is 11.8 Å². The minimum absolute atomic E-state index is 0.0279. The monoisotopic (exact) mass is 276 g/mol. The number of hydrogen-bond acceptors (Lipinski definition) is 4. The summed E-state index contributed by atoms with van der Waals surface area (Å²) in [6, 6.07) is 3.86. The molecule has 1 rings (SSSR count). The third-order valence-corrected chi connectivity index (χ3v) is 5.36. The Bertz CT molecular complexity index is 413. The second kappa shape index (κ2) is 6.49. The number of thiophene rings is 1. The molecule has 0 atom stereocenters. The minimum Gasteiger partial charge on any atom is -0.330 e. The maximum atomic E-state index is 12.1. The second-order valence-corrected chi connectivity index (χ2v) is 7.25. The van der Waals surface area contributed by atoms with Crippen LogP contribution in [0.5, 0.6) is 0 Å². The van der Waals surface area contributed by atoms with Gasteiger partial charge >= 0.3 is 0 Å². The lowest BCUT2D eigenvalue weighted by Gasteiger charge is -2.25. The molecule has 0 saturated heterocycles. The van der Waals surface area contributed by atoms with Gasteiger partial charge in [-0.25, -0.2) is 8.42 Å². The van der Waals surface area contributed by atoms with Crippen LogP contribution in [0.25, 0.3) is 0 Å². The molecule has 0 bridgehead atoms. The summed E-state index contributed by atoms with van der Waals surface area (Å²) in [7, 11) is -3.20. The van der Waals surface area contributed by atoms with Crippen LogP contribution in [0.4, 0.5) is 0 Å². The van der Waals surface area contributed by atoms with Crippen LogP contribution in [-0.4, -0.2) is 31.1 Å². The van der Waals surface area contributed by atoms with Crippen LogP contribution in [0.15, 0.2) is 17.5 Å². The molecule has 0 unspecified atom stereocenters. The molecule has 4 nitrogen and oxygen atoms in total. The third kappa shape index (κ3) is 4.39. The lowest BCUT2D eigenvalue weighted by Crippen LogP contribution is -2.38. The normalized spacial score (nSPS) is 12.5. The van der Waals surface area contributed by atoms with E-state index in [4.69, 9.17) is 5.73 Å². The van der Waals surface area contributed by atoms with Crippen LogP contribution in [-0.2, 0) is 16.6 Å². The van der Waals surface area contributed by atoms with Gasteiger partial charge in [0.15, 0.2) is 0 Å². The fourth-order valence-electron chi connectivity index (χ4n) is 1.54. The van der Waals surface area contributed by atoms with Gasteiger partial charge in [0.1, 0.15) is 0 Å². The van der Waals surface area contributed by atoms with Crippen LogP contribution in [0, 0.1) is 0 Å². The Kier molecular flexibility index (Phi) is 5.58. The molecule has 0 amide bonds. The predicted octanol–water partition coefficient (Wildman–Crippen LogP) is 1.64. The maximum absolute atomic E-state index is 12.1. The molecule has 17 heavy (non-hydrogen) atoms. The Morgan fingerprint density at radius 2 is 2.18 bits per heavy atom. The van der Waals surface area contributed by atoms with Crippen molar-refractivity contribution >= 4 is 21.4 Å². The molecule has 2 N–H and O–H groups in total. The molecule has 0 aromatic carbocycles. The van der Waals surface area contributed by atoms with Gasteiger partial charge in [0.25, 0.3) is 0 Å². The second-order valence-electron chi connectivity index (χ2n) is 4.18. The lowest BCUT2D eigenvalue weighted by molar-refractivity contribution is 0.350. The fourth-order valence-corrected chi connectivity index (χ4v) is 4.07. The Hall–Kier alpha value is -0.430. The summed E-state index contributed by atoms with van der Waals surface area (Å²) >= 11 is 1.58. The van der Waals surface area contributed by atoms with Gasteiger partial charge in [-0.2, -0.15) is 4.31 Å². The number of nitrogens with zero attached hydrogens (tertiary/aromatic N) is 1. The van der Waals surface area contributed by atoms with E-state index in [0.29, 0.717) is 19.5 Å². The summed E-state index contributed by atoms with van der Waals surface area (Å²) in [6.07, 6.45) is 0.510. The van der Waals surface area contributed by atoms with Gasteiger partial charge in [-0.15, -0.1) is 11.3 Å². The molecule has 98 valence electrons. The molecule has 0 spiro atoms. The van der Waals surface area contributed by atoms with E-state index in [2.05, 4.69) is 0 Å². The van der Waals surface area contributed by atoms with Gasteiger partial charge in [0.05, 0.1) is 5.75 Å². The summed E-state index contributed by atoms with van der Waals surface area (Å²) < 4.78 is 25.8. The molecule has 6 heteroatoms. The van der Waals surface area contributed by atoms with E-state index in [1.54, 1.807) is 15.6 Å². The Balaban J connectivity index is 2.78. The zero-order valence-corrected chi connectivity index (χ0v) is 11.9. The van der Waals surface area contributed by atoms with Crippen molar-refractivity contribution < 1.29 is 8.42 Å². The van der Waals surface area contributed by atoms with Crippen LogP contribution in [0.1, 0.15) is 25.1 Å². The van der Waals surface area contributed by atoms with E-state index < -0.39 is 10.0 Å². The Labute approximate surface area is 107 Å². The fraction of sp³-hybridized carbons (Fsp3) is 0.636. The summed E-state index contributed by atoms with van der Waals surface area (Å²) in [5.41, 5.74) is 5.37. The molecule has 1 aromatic heterocycles. The Morgan fingerprint density at radius 1 is 1.47 bits per heavy atom. The van der Waals surface area contributed by atoms with Crippen molar-refractivity contribution in [2.45, 2.75) is 32.9 Å². The van der Waals surface area contributed by atoms with Crippen molar-refractivity contribution in [3.8, 4) is 0 Å². The first-order valence-electron chi connectivity index (χ1n) is 5.69. The first kappa shape index (κ1) is 14.6. The van der Waals surface area contributed by atoms with E-state index in [0.717, 1.165) is 4.88 Å². The number of hydrogen-bond donors (Lipinski definition) is 1.